The van der Waals surface area contributed by atoms with Crippen LogP contribution in [0.25, 0.3) is 0 Å². The van der Waals surface area contributed by atoms with Gasteiger partial charge in [0.2, 0.25) is 0 Å². The fraction of sp³-hybridized carbons (Fsp3) is 0.478. The summed E-state index contributed by atoms with van der Waals surface area (Å²) in [6.07, 6.45) is 3.33. The largest absolute Gasteiger partial charge is 0.368 e. The third kappa shape index (κ3) is 4.75. The van der Waals surface area contributed by atoms with Gasteiger partial charge in [0.25, 0.3) is 5.91 Å². The number of piperidine rings is 1. The lowest BCUT2D eigenvalue weighted by atomic mass is 9.88. The van der Waals surface area contributed by atoms with Crippen molar-refractivity contribution in [1.82, 2.24) is 14.8 Å². The van der Waals surface area contributed by atoms with Crippen LogP contribution < -0.4 is 0 Å². The van der Waals surface area contributed by atoms with Crippen molar-refractivity contribution in [1.29, 1.82) is 0 Å². The number of aromatic nitrogens is 1. The summed E-state index contributed by atoms with van der Waals surface area (Å²) in [5.74, 6) is -2.95. The molecule has 1 spiro atoms. The number of pyridine rings is 1. The molecular formula is C23H26F3N3O2. The number of rotatable bonds is 4. The lowest BCUT2D eigenvalue weighted by Crippen LogP contribution is -2.60. The Morgan fingerprint density at radius 1 is 1.16 bits per heavy atom. The molecule has 0 radical (unpaired) electrons. The minimum absolute atomic E-state index is 0.205. The first-order valence-electron chi connectivity index (χ1n) is 10.6. The molecule has 0 bridgehead atoms. The van der Waals surface area contributed by atoms with E-state index in [1.54, 1.807) is 17.2 Å². The number of amides is 1. The Morgan fingerprint density at radius 2 is 1.90 bits per heavy atom. The first-order chi connectivity index (χ1) is 14.9. The van der Waals surface area contributed by atoms with Gasteiger partial charge in [0, 0.05) is 38.8 Å². The highest BCUT2D eigenvalue weighted by molar-refractivity contribution is 5.94. The van der Waals surface area contributed by atoms with Crippen LogP contribution in [0.1, 0.15) is 35.8 Å². The molecule has 2 aliphatic rings. The van der Waals surface area contributed by atoms with E-state index in [2.05, 4.69) is 9.88 Å². The predicted molar refractivity (Wildman–Crippen MR) is 109 cm³/mol. The Bertz CT molecular complexity index is 947. The lowest BCUT2D eigenvalue weighted by molar-refractivity contribution is -0.161. The summed E-state index contributed by atoms with van der Waals surface area (Å²) in [4.78, 5) is 20.8. The maximum atomic E-state index is 14.2. The van der Waals surface area contributed by atoms with Gasteiger partial charge in [0.15, 0.2) is 11.6 Å². The zero-order valence-corrected chi connectivity index (χ0v) is 17.5. The van der Waals surface area contributed by atoms with E-state index in [0.29, 0.717) is 44.6 Å². The van der Waals surface area contributed by atoms with E-state index >= 15 is 0 Å². The quantitative estimate of drug-likeness (QED) is 0.741. The van der Waals surface area contributed by atoms with Crippen LogP contribution in [-0.2, 0) is 11.2 Å². The highest BCUT2D eigenvalue weighted by Crippen LogP contribution is 2.33. The molecule has 1 unspecified atom stereocenters. The number of hydrogen-bond acceptors (Lipinski definition) is 4. The smallest absolute Gasteiger partial charge is 0.257 e. The topological polar surface area (TPSA) is 45.7 Å². The van der Waals surface area contributed by atoms with Crippen molar-refractivity contribution in [2.24, 2.45) is 0 Å². The average molecular weight is 433 g/mol. The van der Waals surface area contributed by atoms with E-state index in [9.17, 15) is 18.0 Å². The Kier molecular flexibility index (Phi) is 6.29. The van der Waals surface area contributed by atoms with Gasteiger partial charge in [0.05, 0.1) is 29.5 Å². The summed E-state index contributed by atoms with van der Waals surface area (Å²) < 4.78 is 47.8. The summed E-state index contributed by atoms with van der Waals surface area (Å²) >= 11 is 0. The Labute approximate surface area is 179 Å². The molecule has 2 saturated heterocycles. The van der Waals surface area contributed by atoms with E-state index in [0.717, 1.165) is 19.2 Å². The number of likely N-dealkylation sites (tertiary alicyclic amines) is 1. The molecule has 3 heterocycles. The summed E-state index contributed by atoms with van der Waals surface area (Å²) in [5.41, 5.74) is -0.303. The number of benzene rings is 1. The number of carbonyl (C=O) groups excluding carboxylic acids is 1. The van der Waals surface area contributed by atoms with Gasteiger partial charge in [-0.3, -0.25) is 9.78 Å². The van der Waals surface area contributed by atoms with Gasteiger partial charge in [-0.05, 0) is 44.0 Å². The Hall–Kier alpha value is -2.45. The molecule has 0 N–H and O–H groups in total. The minimum Gasteiger partial charge on any atom is -0.368 e. The molecule has 2 aliphatic heterocycles. The number of carbonyl (C=O) groups is 1. The van der Waals surface area contributed by atoms with Gasteiger partial charge in [-0.1, -0.05) is 6.07 Å². The molecule has 0 aliphatic carbocycles. The molecule has 31 heavy (non-hydrogen) atoms. The van der Waals surface area contributed by atoms with Crippen molar-refractivity contribution >= 4 is 5.91 Å². The number of halogens is 3. The summed E-state index contributed by atoms with van der Waals surface area (Å²) in [5, 5.41) is 0. The first kappa shape index (κ1) is 21.8. The van der Waals surface area contributed by atoms with Crippen LogP contribution >= 0.6 is 0 Å². The maximum absolute atomic E-state index is 14.2. The molecule has 4 rings (SSSR count). The molecule has 2 fully saturated rings. The van der Waals surface area contributed by atoms with E-state index < -0.39 is 23.1 Å². The number of morpholine rings is 1. The van der Waals surface area contributed by atoms with Crippen molar-refractivity contribution < 1.29 is 22.7 Å². The standard InChI is InChI=1S/C23H26F3N3O2/c1-16-14-29(22(30)17-4-2-5-19(25)21(17)26)15-23(31-16)8-12-28(13-9-23)11-7-20-18(24)6-3-10-27-20/h2-6,10,16H,7-9,11-15H2,1H3. The van der Waals surface area contributed by atoms with Gasteiger partial charge in [-0.15, -0.1) is 0 Å². The minimum atomic E-state index is -1.11. The normalized spacial score (nSPS) is 21.4. The molecule has 8 heteroatoms. The third-order valence-electron chi connectivity index (χ3n) is 6.14. The summed E-state index contributed by atoms with van der Waals surface area (Å²) in [7, 11) is 0. The Morgan fingerprint density at radius 3 is 2.65 bits per heavy atom. The van der Waals surface area contributed by atoms with Crippen LogP contribution in [0.4, 0.5) is 13.2 Å². The molecule has 0 saturated carbocycles. The fourth-order valence-electron chi connectivity index (χ4n) is 4.54. The zero-order chi connectivity index (χ0) is 22.0. The summed E-state index contributed by atoms with van der Waals surface area (Å²) in [6.45, 7) is 4.75. The maximum Gasteiger partial charge on any atom is 0.257 e. The molecule has 1 atom stereocenters. The average Bonchev–Trinajstić information content (AvgIpc) is 2.75. The van der Waals surface area contributed by atoms with Gasteiger partial charge in [0.1, 0.15) is 5.82 Å². The molecule has 5 nitrogen and oxygen atoms in total. The van der Waals surface area contributed by atoms with E-state index in [4.69, 9.17) is 4.74 Å². The monoisotopic (exact) mass is 433 g/mol. The van der Waals surface area contributed by atoms with Crippen molar-refractivity contribution in [2.45, 2.75) is 37.9 Å². The van der Waals surface area contributed by atoms with Gasteiger partial charge < -0.3 is 14.5 Å². The van der Waals surface area contributed by atoms with Crippen LogP contribution in [0.2, 0.25) is 0 Å². The summed E-state index contributed by atoms with van der Waals surface area (Å²) in [6, 6.07) is 6.65. The zero-order valence-electron chi connectivity index (χ0n) is 17.5. The van der Waals surface area contributed by atoms with E-state index in [-0.39, 0.29) is 17.5 Å². The van der Waals surface area contributed by atoms with Crippen LogP contribution in [0.15, 0.2) is 36.5 Å². The highest BCUT2D eigenvalue weighted by Gasteiger charge is 2.43. The number of nitrogens with zero attached hydrogens (tertiary/aromatic N) is 3. The molecule has 1 aromatic carbocycles. The lowest BCUT2D eigenvalue weighted by Gasteiger charge is -2.49. The van der Waals surface area contributed by atoms with E-state index in [1.807, 2.05) is 6.92 Å². The van der Waals surface area contributed by atoms with Crippen LogP contribution in [0.5, 0.6) is 0 Å². The molecule has 2 aromatic rings. The second-order valence-electron chi connectivity index (χ2n) is 8.42. The van der Waals surface area contributed by atoms with Crippen LogP contribution in [0, 0.1) is 17.5 Å². The van der Waals surface area contributed by atoms with Crippen LogP contribution in [0.3, 0.4) is 0 Å². The SMILES string of the molecule is CC1CN(C(=O)c2cccc(F)c2F)CC2(CCN(CCc3ncccc3F)CC2)O1. The number of ether oxygens (including phenoxy) is 1. The van der Waals surface area contributed by atoms with Crippen molar-refractivity contribution in [3.05, 3.63) is 65.2 Å². The molecule has 1 amide bonds. The second kappa shape index (κ2) is 8.96. The first-order valence-corrected chi connectivity index (χ1v) is 10.6. The number of hydrogen-bond donors (Lipinski definition) is 0. The highest BCUT2D eigenvalue weighted by atomic mass is 19.2. The van der Waals surface area contributed by atoms with Gasteiger partial charge in [-0.25, -0.2) is 13.2 Å². The molecule has 1 aromatic heterocycles. The van der Waals surface area contributed by atoms with Crippen molar-refractivity contribution in [3.63, 3.8) is 0 Å². The Balaban J connectivity index is 1.39. The molecule has 166 valence electrons. The van der Waals surface area contributed by atoms with Gasteiger partial charge >= 0.3 is 0 Å². The van der Waals surface area contributed by atoms with Crippen LogP contribution in [-0.4, -0.2) is 65.1 Å². The van der Waals surface area contributed by atoms with Crippen molar-refractivity contribution in [2.75, 3.05) is 32.7 Å². The van der Waals surface area contributed by atoms with Gasteiger partial charge in [-0.2, -0.15) is 0 Å². The molecular weight excluding hydrogens is 407 g/mol. The van der Waals surface area contributed by atoms with Crippen molar-refractivity contribution in [3.8, 4) is 0 Å². The predicted octanol–water partition coefficient (Wildman–Crippen LogP) is 3.44. The third-order valence-corrected chi connectivity index (χ3v) is 6.14. The fourth-order valence-corrected chi connectivity index (χ4v) is 4.54. The second-order valence-corrected chi connectivity index (χ2v) is 8.42. The van der Waals surface area contributed by atoms with E-state index in [1.165, 1.54) is 18.2 Å².